The number of carboxylic acid groups (broad SMARTS) is 1. The Kier molecular flexibility index (Phi) is 8.61. The zero-order chi connectivity index (χ0) is 16.5. The van der Waals surface area contributed by atoms with Gasteiger partial charge >= 0.3 is 12.0 Å². The summed E-state index contributed by atoms with van der Waals surface area (Å²) in [6.45, 7) is 10.0. The van der Waals surface area contributed by atoms with E-state index in [0.29, 0.717) is 13.1 Å². The summed E-state index contributed by atoms with van der Waals surface area (Å²) in [5.74, 6) is -1.67. The maximum atomic E-state index is 11.6. The molecule has 0 spiro atoms. The topological polar surface area (TPSA) is 98.7 Å². The standard InChI is InChI=1S/C14H27N3O4/c1-5-8-17(6-2)9-7-15-13(21)16-11(18)10-14(3,4)12(19)20/h5-10H2,1-4H3,(H,19,20)(H2,15,16,18,21). The van der Waals surface area contributed by atoms with Crippen molar-refractivity contribution in [1.82, 2.24) is 15.5 Å². The summed E-state index contributed by atoms with van der Waals surface area (Å²) >= 11 is 0. The molecule has 0 aromatic carbocycles. The predicted octanol–water partition coefficient (Wildman–Crippen LogP) is 1.05. The normalized spacial score (nSPS) is 11.3. The fraction of sp³-hybridized carbons (Fsp3) is 0.786. The number of nitrogens with one attached hydrogen (secondary N) is 2. The van der Waals surface area contributed by atoms with E-state index in [9.17, 15) is 14.4 Å². The maximum absolute atomic E-state index is 11.6. The molecule has 0 aliphatic heterocycles. The zero-order valence-electron chi connectivity index (χ0n) is 13.4. The van der Waals surface area contributed by atoms with Gasteiger partial charge in [-0.05, 0) is 33.4 Å². The van der Waals surface area contributed by atoms with Crippen LogP contribution < -0.4 is 10.6 Å². The Hall–Kier alpha value is -1.63. The second-order valence-electron chi connectivity index (χ2n) is 5.60. The van der Waals surface area contributed by atoms with Gasteiger partial charge in [0.15, 0.2) is 0 Å². The summed E-state index contributed by atoms with van der Waals surface area (Å²) in [5.41, 5.74) is -1.19. The van der Waals surface area contributed by atoms with Crippen LogP contribution in [-0.4, -0.2) is 54.1 Å². The van der Waals surface area contributed by atoms with Crippen molar-refractivity contribution >= 4 is 17.9 Å². The monoisotopic (exact) mass is 301 g/mol. The summed E-state index contributed by atoms with van der Waals surface area (Å²) in [6.07, 6.45) is 0.801. The first-order valence-electron chi connectivity index (χ1n) is 7.26. The summed E-state index contributed by atoms with van der Waals surface area (Å²) in [5, 5.41) is 13.7. The SMILES string of the molecule is CCCN(CC)CCNC(=O)NC(=O)CC(C)(C)C(=O)O. The van der Waals surface area contributed by atoms with Gasteiger partial charge in [-0.25, -0.2) is 4.79 Å². The number of imide groups is 1. The van der Waals surface area contributed by atoms with Crippen molar-refractivity contribution in [3.05, 3.63) is 0 Å². The first-order valence-corrected chi connectivity index (χ1v) is 7.26. The molecule has 3 amide bonds. The van der Waals surface area contributed by atoms with Crippen LogP contribution in [0.3, 0.4) is 0 Å². The van der Waals surface area contributed by atoms with Gasteiger partial charge in [-0.2, -0.15) is 0 Å². The average Bonchev–Trinajstić information content (AvgIpc) is 2.36. The predicted molar refractivity (Wildman–Crippen MR) is 80.0 cm³/mol. The number of likely N-dealkylation sites (N-methyl/N-ethyl adjacent to an activating group) is 1. The zero-order valence-corrected chi connectivity index (χ0v) is 13.4. The molecule has 0 aliphatic carbocycles. The van der Waals surface area contributed by atoms with Crippen LogP contribution in [0.15, 0.2) is 0 Å². The molecular weight excluding hydrogens is 274 g/mol. The van der Waals surface area contributed by atoms with Crippen molar-refractivity contribution in [3.63, 3.8) is 0 Å². The van der Waals surface area contributed by atoms with Crippen molar-refractivity contribution in [2.45, 2.75) is 40.5 Å². The highest BCUT2D eigenvalue weighted by Crippen LogP contribution is 2.19. The summed E-state index contributed by atoms with van der Waals surface area (Å²) in [7, 11) is 0. The highest BCUT2D eigenvalue weighted by atomic mass is 16.4. The Balaban J connectivity index is 4.04. The van der Waals surface area contributed by atoms with Crippen LogP contribution in [-0.2, 0) is 9.59 Å². The lowest BCUT2D eigenvalue weighted by atomic mass is 9.89. The minimum atomic E-state index is -1.19. The lowest BCUT2D eigenvalue weighted by Crippen LogP contribution is -2.44. The van der Waals surface area contributed by atoms with E-state index < -0.39 is 23.3 Å². The molecule has 0 aromatic heterocycles. The van der Waals surface area contributed by atoms with Crippen LogP contribution >= 0.6 is 0 Å². The molecule has 0 fully saturated rings. The van der Waals surface area contributed by atoms with Crippen molar-refractivity contribution in [2.75, 3.05) is 26.2 Å². The molecule has 7 heteroatoms. The maximum Gasteiger partial charge on any atom is 0.321 e. The first-order chi connectivity index (χ1) is 9.72. The number of amides is 3. The second-order valence-corrected chi connectivity index (χ2v) is 5.60. The van der Waals surface area contributed by atoms with Crippen LogP contribution in [0.1, 0.15) is 40.5 Å². The van der Waals surface area contributed by atoms with E-state index in [4.69, 9.17) is 5.11 Å². The van der Waals surface area contributed by atoms with Crippen LogP contribution in [0, 0.1) is 5.41 Å². The van der Waals surface area contributed by atoms with Gasteiger partial charge in [0, 0.05) is 19.5 Å². The lowest BCUT2D eigenvalue weighted by molar-refractivity contribution is -0.149. The fourth-order valence-electron chi connectivity index (χ4n) is 1.76. The van der Waals surface area contributed by atoms with Crippen molar-refractivity contribution in [1.29, 1.82) is 0 Å². The Labute approximate surface area is 126 Å². The van der Waals surface area contributed by atoms with E-state index in [2.05, 4.69) is 22.5 Å². The van der Waals surface area contributed by atoms with Crippen molar-refractivity contribution in [2.24, 2.45) is 5.41 Å². The van der Waals surface area contributed by atoms with Gasteiger partial charge in [0.1, 0.15) is 0 Å². The fourth-order valence-corrected chi connectivity index (χ4v) is 1.76. The molecule has 0 heterocycles. The van der Waals surface area contributed by atoms with Crippen molar-refractivity contribution in [3.8, 4) is 0 Å². The number of aliphatic carboxylic acids is 1. The highest BCUT2D eigenvalue weighted by molar-refractivity contribution is 5.96. The Morgan fingerprint density at radius 3 is 2.24 bits per heavy atom. The number of hydrogen-bond donors (Lipinski definition) is 3. The second kappa shape index (κ2) is 9.33. The van der Waals surface area contributed by atoms with Crippen LogP contribution in [0.5, 0.6) is 0 Å². The van der Waals surface area contributed by atoms with Gasteiger partial charge in [0.05, 0.1) is 5.41 Å². The molecule has 0 unspecified atom stereocenters. The van der Waals surface area contributed by atoms with E-state index in [0.717, 1.165) is 19.5 Å². The lowest BCUT2D eigenvalue weighted by Gasteiger charge is -2.20. The molecule has 0 atom stereocenters. The number of urea groups is 1. The minimum absolute atomic E-state index is 0.243. The molecule has 0 aliphatic rings. The molecule has 0 aromatic rings. The molecule has 7 nitrogen and oxygen atoms in total. The summed E-state index contributed by atoms with van der Waals surface area (Å²) in [4.78, 5) is 36.2. The molecule has 0 saturated heterocycles. The number of carbonyl (C=O) groups excluding carboxylic acids is 2. The smallest absolute Gasteiger partial charge is 0.321 e. The molecule has 3 N–H and O–H groups in total. The molecule has 0 rings (SSSR count). The number of hydrogen-bond acceptors (Lipinski definition) is 4. The van der Waals surface area contributed by atoms with Gasteiger partial charge in [-0.3, -0.25) is 14.9 Å². The van der Waals surface area contributed by atoms with Gasteiger partial charge in [0.25, 0.3) is 0 Å². The van der Waals surface area contributed by atoms with Gasteiger partial charge in [0.2, 0.25) is 5.91 Å². The van der Waals surface area contributed by atoms with E-state index in [1.165, 1.54) is 13.8 Å². The molecule has 0 bridgehead atoms. The van der Waals surface area contributed by atoms with Crippen LogP contribution in [0.4, 0.5) is 4.79 Å². The molecule has 0 saturated carbocycles. The van der Waals surface area contributed by atoms with E-state index in [1.807, 2.05) is 6.92 Å². The van der Waals surface area contributed by atoms with Crippen LogP contribution in [0.25, 0.3) is 0 Å². The van der Waals surface area contributed by atoms with Crippen molar-refractivity contribution < 1.29 is 19.5 Å². The molecule has 21 heavy (non-hydrogen) atoms. The number of carbonyl (C=O) groups is 3. The number of carboxylic acids is 1. The number of nitrogens with zero attached hydrogens (tertiary/aromatic N) is 1. The van der Waals surface area contributed by atoms with E-state index >= 15 is 0 Å². The summed E-state index contributed by atoms with van der Waals surface area (Å²) < 4.78 is 0. The highest BCUT2D eigenvalue weighted by Gasteiger charge is 2.30. The van der Waals surface area contributed by atoms with Gasteiger partial charge in [-0.15, -0.1) is 0 Å². The Morgan fingerprint density at radius 1 is 1.14 bits per heavy atom. The average molecular weight is 301 g/mol. The van der Waals surface area contributed by atoms with Gasteiger partial charge in [-0.1, -0.05) is 13.8 Å². The summed E-state index contributed by atoms with van der Waals surface area (Å²) in [6, 6.07) is -0.589. The van der Waals surface area contributed by atoms with Crippen LogP contribution in [0.2, 0.25) is 0 Å². The third-order valence-electron chi connectivity index (χ3n) is 3.14. The van der Waals surface area contributed by atoms with Gasteiger partial charge < -0.3 is 15.3 Å². The number of rotatable bonds is 9. The molecular formula is C14H27N3O4. The third-order valence-corrected chi connectivity index (χ3v) is 3.14. The van der Waals surface area contributed by atoms with E-state index in [-0.39, 0.29) is 6.42 Å². The molecule has 0 radical (unpaired) electrons. The Bertz CT molecular complexity index is 369. The largest absolute Gasteiger partial charge is 0.481 e. The molecule has 122 valence electrons. The Morgan fingerprint density at radius 2 is 1.76 bits per heavy atom. The first kappa shape index (κ1) is 19.4. The van der Waals surface area contributed by atoms with E-state index in [1.54, 1.807) is 0 Å². The quantitative estimate of drug-likeness (QED) is 0.591. The minimum Gasteiger partial charge on any atom is -0.481 e. The third kappa shape index (κ3) is 8.29.